The second kappa shape index (κ2) is 13.3. The van der Waals surface area contributed by atoms with Gasteiger partial charge in [-0.2, -0.15) is 5.10 Å². The molecule has 38 heavy (non-hydrogen) atoms. The van der Waals surface area contributed by atoms with Gasteiger partial charge < -0.3 is 15.3 Å². The number of ether oxygens (including phenoxy) is 2. The van der Waals surface area contributed by atoms with Crippen molar-refractivity contribution < 1.29 is 14.3 Å². The molecule has 198 valence electrons. The number of nitrogens with one attached hydrogen (secondary N) is 2. The fraction of sp³-hybridized carbons (Fsp3) is 0.182. The third-order valence-corrected chi connectivity index (χ3v) is 8.08. The number of amides is 1. The summed E-state index contributed by atoms with van der Waals surface area (Å²) in [5, 5.41) is 24.4. The van der Waals surface area contributed by atoms with E-state index in [1.807, 2.05) is 30.3 Å². The van der Waals surface area contributed by atoms with Crippen molar-refractivity contribution in [3.8, 4) is 11.5 Å². The van der Waals surface area contributed by atoms with Gasteiger partial charge >= 0.3 is 0 Å². The average molecular weight is 592 g/mol. The van der Waals surface area contributed by atoms with Crippen molar-refractivity contribution in [2.75, 3.05) is 36.6 Å². The van der Waals surface area contributed by atoms with Gasteiger partial charge in [-0.25, -0.2) is 10.1 Å². The Morgan fingerprint density at radius 2 is 1.95 bits per heavy atom. The van der Waals surface area contributed by atoms with Crippen LogP contribution in [0.1, 0.15) is 11.1 Å². The van der Waals surface area contributed by atoms with E-state index >= 15 is 0 Å². The topological polar surface area (TPSA) is 154 Å². The molecule has 0 atom stereocenters. The van der Waals surface area contributed by atoms with Gasteiger partial charge in [0, 0.05) is 10.8 Å². The number of halogens is 1. The highest BCUT2D eigenvalue weighted by molar-refractivity contribution is 8.00. The second-order valence-corrected chi connectivity index (χ2v) is 10.8. The zero-order valence-corrected chi connectivity index (χ0v) is 23.3. The van der Waals surface area contributed by atoms with Crippen LogP contribution in [0.5, 0.6) is 11.5 Å². The normalized spacial score (nSPS) is 11.0. The summed E-state index contributed by atoms with van der Waals surface area (Å²) in [6.45, 7) is 0. The SMILES string of the molecule is COc1ccc(/C=N/Nc2nnc(SCC(=O)Nc3nnc(SCc4ccccc4Cl)s3)n2N)cc1OC. The molecule has 0 fully saturated rings. The molecular formula is C22H22ClN9O3S3. The zero-order valence-electron chi connectivity index (χ0n) is 20.1. The molecule has 1 amide bonds. The third-order valence-electron chi connectivity index (χ3n) is 4.74. The first-order valence-electron chi connectivity index (χ1n) is 10.8. The van der Waals surface area contributed by atoms with Crippen molar-refractivity contribution in [2.45, 2.75) is 15.2 Å². The van der Waals surface area contributed by atoms with E-state index in [-0.39, 0.29) is 17.6 Å². The van der Waals surface area contributed by atoms with Crippen molar-refractivity contribution in [1.82, 2.24) is 25.1 Å². The molecule has 16 heteroatoms. The molecule has 0 aliphatic rings. The summed E-state index contributed by atoms with van der Waals surface area (Å²) in [5.74, 6) is 7.85. The number of rotatable bonds is 12. The number of nitrogen functional groups attached to an aromatic ring is 1. The van der Waals surface area contributed by atoms with Crippen LogP contribution in [-0.4, -0.2) is 57.2 Å². The second-order valence-electron chi connectivity index (χ2n) is 7.25. The molecule has 0 saturated heterocycles. The molecule has 4 N–H and O–H groups in total. The molecule has 0 unspecified atom stereocenters. The van der Waals surface area contributed by atoms with Crippen molar-refractivity contribution >= 4 is 69.7 Å². The first-order valence-corrected chi connectivity index (χ1v) is 14.0. The number of hydrazone groups is 1. The number of nitrogens with two attached hydrogens (primary N) is 1. The number of aromatic nitrogens is 5. The van der Waals surface area contributed by atoms with E-state index in [4.69, 9.17) is 26.9 Å². The monoisotopic (exact) mass is 591 g/mol. The zero-order chi connectivity index (χ0) is 26.9. The van der Waals surface area contributed by atoms with Crippen LogP contribution < -0.4 is 26.1 Å². The van der Waals surface area contributed by atoms with Crippen LogP contribution in [0.4, 0.5) is 11.1 Å². The highest BCUT2D eigenvalue weighted by Gasteiger charge is 2.14. The number of benzene rings is 2. The van der Waals surface area contributed by atoms with Crippen molar-refractivity contribution in [1.29, 1.82) is 0 Å². The molecule has 0 radical (unpaired) electrons. The molecule has 2 heterocycles. The van der Waals surface area contributed by atoms with Crippen LogP contribution in [0.3, 0.4) is 0 Å². The fourth-order valence-corrected chi connectivity index (χ4v) is 5.62. The molecule has 4 rings (SSSR count). The minimum Gasteiger partial charge on any atom is -0.493 e. The lowest BCUT2D eigenvalue weighted by atomic mass is 10.2. The van der Waals surface area contributed by atoms with E-state index in [2.05, 4.69) is 36.2 Å². The summed E-state index contributed by atoms with van der Waals surface area (Å²) in [4.78, 5) is 12.4. The standard InChI is InChI=1S/C22H22ClN9O3S3/c1-34-16-8-7-13(9-17(16)35-2)10-25-27-19-28-30-21(32(19)24)36-12-18(33)26-20-29-31-22(38-20)37-11-14-5-3-4-6-15(14)23/h3-10H,11-12,24H2,1-2H3,(H,27,28)(H,26,29,33)/b25-10+. The maximum Gasteiger partial charge on any atom is 0.264 e. The highest BCUT2D eigenvalue weighted by Crippen LogP contribution is 2.30. The largest absolute Gasteiger partial charge is 0.493 e. The Hall–Kier alpha value is -3.53. The van der Waals surface area contributed by atoms with E-state index in [0.717, 1.165) is 27.2 Å². The number of thioether (sulfide) groups is 2. The van der Waals surface area contributed by atoms with Gasteiger partial charge in [-0.1, -0.05) is 64.7 Å². The average Bonchev–Trinajstić information content (AvgIpc) is 3.52. The van der Waals surface area contributed by atoms with E-state index in [0.29, 0.717) is 32.6 Å². The molecule has 0 bridgehead atoms. The van der Waals surface area contributed by atoms with Crippen LogP contribution in [-0.2, 0) is 10.5 Å². The lowest BCUT2D eigenvalue weighted by molar-refractivity contribution is -0.113. The molecular weight excluding hydrogens is 570 g/mol. The summed E-state index contributed by atoms with van der Waals surface area (Å²) in [6.07, 6.45) is 1.57. The molecule has 0 aliphatic carbocycles. The van der Waals surface area contributed by atoms with E-state index < -0.39 is 0 Å². The Bertz CT molecular complexity index is 1430. The first-order chi connectivity index (χ1) is 18.5. The Labute approximate surface area is 235 Å². The number of hydrogen-bond donors (Lipinski definition) is 3. The number of methoxy groups -OCH3 is 2. The Kier molecular flexibility index (Phi) is 9.64. The maximum atomic E-state index is 12.4. The van der Waals surface area contributed by atoms with Crippen molar-refractivity contribution in [3.05, 3.63) is 58.6 Å². The van der Waals surface area contributed by atoms with Crippen molar-refractivity contribution in [3.63, 3.8) is 0 Å². The quantitative estimate of drug-likeness (QED) is 0.0720. The summed E-state index contributed by atoms with van der Waals surface area (Å²) in [6, 6.07) is 13.0. The summed E-state index contributed by atoms with van der Waals surface area (Å²) >= 11 is 10.1. The minimum absolute atomic E-state index is 0.0475. The Balaban J connectivity index is 1.25. The molecule has 0 spiro atoms. The molecule has 0 saturated carbocycles. The van der Waals surface area contributed by atoms with Crippen LogP contribution >= 0.6 is 46.5 Å². The number of nitrogens with zero attached hydrogens (tertiary/aromatic N) is 6. The van der Waals surface area contributed by atoms with E-state index in [9.17, 15) is 4.79 Å². The lowest BCUT2D eigenvalue weighted by Crippen LogP contribution is -2.16. The first kappa shape index (κ1) is 27.5. The number of anilines is 2. The van der Waals surface area contributed by atoms with Crippen molar-refractivity contribution in [2.24, 2.45) is 5.10 Å². The van der Waals surface area contributed by atoms with Gasteiger partial charge in [0.1, 0.15) is 0 Å². The van der Waals surface area contributed by atoms with Gasteiger partial charge in [-0.3, -0.25) is 10.1 Å². The van der Waals surface area contributed by atoms with Gasteiger partial charge in [0.15, 0.2) is 15.8 Å². The molecule has 2 aromatic heterocycles. The molecule has 12 nitrogen and oxygen atoms in total. The van der Waals surface area contributed by atoms with Gasteiger partial charge in [-0.05, 0) is 35.4 Å². The van der Waals surface area contributed by atoms with Gasteiger partial charge in [-0.15, -0.1) is 20.4 Å². The van der Waals surface area contributed by atoms with Crippen LogP contribution in [0.25, 0.3) is 0 Å². The van der Waals surface area contributed by atoms with E-state index in [1.54, 1.807) is 32.6 Å². The predicted molar refractivity (Wildman–Crippen MR) is 151 cm³/mol. The van der Waals surface area contributed by atoms with Gasteiger partial charge in [0.2, 0.25) is 16.2 Å². The summed E-state index contributed by atoms with van der Waals surface area (Å²) in [5.41, 5.74) is 4.50. The number of carbonyl (C=O) groups excluding carboxylic acids is 1. The maximum absolute atomic E-state index is 12.4. The van der Waals surface area contributed by atoms with Crippen LogP contribution in [0.15, 0.2) is 57.1 Å². The highest BCUT2D eigenvalue weighted by atomic mass is 35.5. The number of carbonyl (C=O) groups is 1. The fourth-order valence-electron chi connectivity index (χ4n) is 2.91. The molecule has 4 aromatic rings. The van der Waals surface area contributed by atoms with Crippen LogP contribution in [0, 0.1) is 0 Å². The van der Waals surface area contributed by atoms with E-state index in [1.165, 1.54) is 27.8 Å². The third kappa shape index (κ3) is 7.28. The summed E-state index contributed by atoms with van der Waals surface area (Å²) < 4.78 is 12.4. The van der Waals surface area contributed by atoms with Gasteiger partial charge in [0.25, 0.3) is 5.95 Å². The number of hydrogen-bond acceptors (Lipinski definition) is 13. The smallest absolute Gasteiger partial charge is 0.264 e. The van der Waals surface area contributed by atoms with Gasteiger partial charge in [0.05, 0.1) is 26.2 Å². The Morgan fingerprint density at radius 3 is 2.74 bits per heavy atom. The predicted octanol–water partition coefficient (Wildman–Crippen LogP) is 3.98. The molecule has 2 aromatic carbocycles. The van der Waals surface area contributed by atoms with Crippen LogP contribution in [0.2, 0.25) is 5.02 Å². The molecule has 0 aliphatic heterocycles. The summed E-state index contributed by atoms with van der Waals surface area (Å²) in [7, 11) is 3.12. The Morgan fingerprint density at radius 1 is 1.13 bits per heavy atom. The lowest BCUT2D eigenvalue weighted by Gasteiger charge is -2.07. The minimum atomic E-state index is -0.280.